The minimum atomic E-state index is 0.0953. The SMILES string of the molecule is C=CCN(CCO)c1ncc(Br)cc1Br. The molecular weight excluding hydrogens is 324 g/mol. The Hall–Kier alpha value is -0.390. The van der Waals surface area contributed by atoms with Crippen LogP contribution in [0.25, 0.3) is 0 Å². The van der Waals surface area contributed by atoms with Crippen LogP contribution < -0.4 is 4.90 Å². The number of pyridine rings is 1. The van der Waals surface area contributed by atoms with E-state index in [1.54, 1.807) is 12.3 Å². The molecule has 1 rings (SSSR count). The van der Waals surface area contributed by atoms with Crippen molar-refractivity contribution < 1.29 is 5.11 Å². The number of hydrogen-bond acceptors (Lipinski definition) is 3. The molecule has 1 heterocycles. The van der Waals surface area contributed by atoms with Crippen LogP contribution in [0.4, 0.5) is 5.82 Å². The van der Waals surface area contributed by atoms with Crippen molar-refractivity contribution in [1.82, 2.24) is 4.98 Å². The summed E-state index contributed by atoms with van der Waals surface area (Å²) in [5, 5.41) is 8.94. The molecule has 1 aromatic heterocycles. The first-order valence-electron chi connectivity index (χ1n) is 4.46. The van der Waals surface area contributed by atoms with E-state index in [0.29, 0.717) is 13.1 Å². The monoisotopic (exact) mass is 334 g/mol. The first-order chi connectivity index (χ1) is 7.19. The van der Waals surface area contributed by atoms with E-state index < -0.39 is 0 Å². The maximum atomic E-state index is 8.94. The lowest BCUT2D eigenvalue weighted by Crippen LogP contribution is -2.27. The van der Waals surface area contributed by atoms with Gasteiger partial charge in [0.2, 0.25) is 0 Å². The van der Waals surface area contributed by atoms with E-state index in [0.717, 1.165) is 14.8 Å². The molecule has 1 N–H and O–H groups in total. The predicted octanol–water partition coefficient (Wildman–Crippen LogP) is 2.59. The Kier molecular flexibility index (Phi) is 5.28. The summed E-state index contributed by atoms with van der Waals surface area (Å²) in [7, 11) is 0. The third-order valence-electron chi connectivity index (χ3n) is 1.81. The highest BCUT2D eigenvalue weighted by Gasteiger charge is 2.09. The van der Waals surface area contributed by atoms with Crippen molar-refractivity contribution in [3.05, 3.63) is 33.9 Å². The number of nitrogens with zero attached hydrogens (tertiary/aromatic N) is 2. The second-order valence-corrected chi connectivity index (χ2v) is 4.69. The smallest absolute Gasteiger partial charge is 0.143 e. The summed E-state index contributed by atoms with van der Waals surface area (Å²) in [5.74, 6) is 0.812. The first-order valence-corrected chi connectivity index (χ1v) is 6.05. The zero-order chi connectivity index (χ0) is 11.3. The Morgan fingerprint density at radius 3 is 2.80 bits per heavy atom. The molecule has 0 fully saturated rings. The molecule has 82 valence electrons. The molecule has 0 radical (unpaired) electrons. The highest BCUT2D eigenvalue weighted by atomic mass is 79.9. The molecule has 0 atom stereocenters. The quantitative estimate of drug-likeness (QED) is 0.840. The molecule has 0 aliphatic heterocycles. The molecular formula is C10H12Br2N2O. The number of halogens is 2. The molecule has 0 aliphatic carbocycles. The summed E-state index contributed by atoms with van der Waals surface area (Å²) in [6, 6.07) is 1.93. The van der Waals surface area contributed by atoms with Crippen molar-refractivity contribution in [3.63, 3.8) is 0 Å². The van der Waals surface area contributed by atoms with Gasteiger partial charge in [-0.3, -0.25) is 0 Å². The van der Waals surface area contributed by atoms with Crippen LogP contribution in [0.3, 0.4) is 0 Å². The molecule has 0 amide bonds. The minimum Gasteiger partial charge on any atom is -0.395 e. The predicted molar refractivity (Wildman–Crippen MR) is 69.1 cm³/mol. The van der Waals surface area contributed by atoms with Crippen LogP contribution in [0.1, 0.15) is 0 Å². The van der Waals surface area contributed by atoms with Gasteiger partial charge >= 0.3 is 0 Å². The van der Waals surface area contributed by atoms with Crippen molar-refractivity contribution in [2.45, 2.75) is 0 Å². The summed E-state index contributed by atoms with van der Waals surface area (Å²) in [6.45, 7) is 4.98. The molecule has 3 nitrogen and oxygen atoms in total. The fourth-order valence-corrected chi connectivity index (χ4v) is 2.44. The van der Waals surface area contributed by atoms with Gasteiger partial charge < -0.3 is 10.0 Å². The van der Waals surface area contributed by atoms with E-state index in [9.17, 15) is 0 Å². The number of aliphatic hydroxyl groups is 1. The average molecular weight is 336 g/mol. The van der Waals surface area contributed by atoms with Gasteiger partial charge in [-0.1, -0.05) is 6.08 Å². The summed E-state index contributed by atoms with van der Waals surface area (Å²) in [4.78, 5) is 6.24. The van der Waals surface area contributed by atoms with Gasteiger partial charge in [-0.05, 0) is 37.9 Å². The largest absolute Gasteiger partial charge is 0.395 e. The van der Waals surface area contributed by atoms with Gasteiger partial charge in [0.1, 0.15) is 5.82 Å². The Bertz CT molecular complexity index is 344. The second-order valence-electron chi connectivity index (χ2n) is 2.92. The number of aromatic nitrogens is 1. The van der Waals surface area contributed by atoms with Crippen molar-refractivity contribution in [1.29, 1.82) is 0 Å². The third kappa shape index (κ3) is 3.59. The standard InChI is InChI=1S/C10H12Br2N2O/c1-2-3-14(4-5-15)10-9(12)6-8(11)7-13-10/h2,6-7,15H,1,3-5H2. The van der Waals surface area contributed by atoms with Gasteiger partial charge in [-0.2, -0.15) is 0 Å². The van der Waals surface area contributed by atoms with Crippen LogP contribution in [0, 0.1) is 0 Å². The molecule has 0 aromatic carbocycles. The lowest BCUT2D eigenvalue weighted by atomic mass is 10.4. The Morgan fingerprint density at radius 1 is 1.53 bits per heavy atom. The van der Waals surface area contributed by atoms with Gasteiger partial charge in [-0.25, -0.2) is 4.98 Å². The van der Waals surface area contributed by atoms with Gasteiger partial charge in [0, 0.05) is 23.8 Å². The maximum Gasteiger partial charge on any atom is 0.143 e. The minimum absolute atomic E-state index is 0.0953. The van der Waals surface area contributed by atoms with Crippen LogP contribution >= 0.6 is 31.9 Å². The molecule has 1 aromatic rings. The molecule has 5 heteroatoms. The van der Waals surface area contributed by atoms with E-state index >= 15 is 0 Å². The lowest BCUT2D eigenvalue weighted by Gasteiger charge is -2.22. The van der Waals surface area contributed by atoms with Gasteiger partial charge in [-0.15, -0.1) is 6.58 Å². The number of hydrogen-bond donors (Lipinski definition) is 1. The molecule has 0 saturated heterocycles. The number of aliphatic hydroxyl groups excluding tert-OH is 1. The molecule has 0 unspecified atom stereocenters. The highest BCUT2D eigenvalue weighted by molar-refractivity contribution is 9.11. The van der Waals surface area contributed by atoms with Gasteiger partial charge in [0.25, 0.3) is 0 Å². The maximum absolute atomic E-state index is 8.94. The normalized spacial score (nSPS) is 10.1. The third-order valence-corrected chi connectivity index (χ3v) is 2.82. The van der Waals surface area contributed by atoms with E-state index in [4.69, 9.17) is 5.11 Å². The number of anilines is 1. The fourth-order valence-electron chi connectivity index (χ4n) is 1.20. The summed E-state index contributed by atoms with van der Waals surface area (Å²) >= 11 is 6.78. The van der Waals surface area contributed by atoms with Gasteiger partial charge in [0.15, 0.2) is 0 Å². The Morgan fingerprint density at radius 2 is 2.27 bits per heavy atom. The van der Waals surface area contributed by atoms with Crippen LogP contribution in [0.5, 0.6) is 0 Å². The summed E-state index contributed by atoms with van der Waals surface area (Å²) < 4.78 is 1.81. The zero-order valence-electron chi connectivity index (χ0n) is 8.16. The average Bonchev–Trinajstić information content (AvgIpc) is 2.17. The van der Waals surface area contributed by atoms with Crippen LogP contribution in [-0.4, -0.2) is 29.8 Å². The molecule has 0 bridgehead atoms. The van der Waals surface area contributed by atoms with E-state index in [-0.39, 0.29) is 6.61 Å². The molecule has 0 spiro atoms. The van der Waals surface area contributed by atoms with Crippen molar-refractivity contribution in [3.8, 4) is 0 Å². The van der Waals surface area contributed by atoms with E-state index in [1.165, 1.54) is 0 Å². The second kappa shape index (κ2) is 6.25. The fraction of sp³-hybridized carbons (Fsp3) is 0.300. The Labute approximate surface area is 106 Å². The van der Waals surface area contributed by atoms with Crippen LogP contribution in [-0.2, 0) is 0 Å². The highest BCUT2D eigenvalue weighted by Crippen LogP contribution is 2.26. The van der Waals surface area contributed by atoms with Crippen molar-refractivity contribution in [2.24, 2.45) is 0 Å². The van der Waals surface area contributed by atoms with Crippen molar-refractivity contribution in [2.75, 3.05) is 24.6 Å². The first kappa shape index (κ1) is 12.7. The summed E-state index contributed by atoms with van der Waals surface area (Å²) in [5.41, 5.74) is 0. The number of rotatable bonds is 5. The summed E-state index contributed by atoms with van der Waals surface area (Å²) in [6.07, 6.45) is 3.51. The van der Waals surface area contributed by atoms with Gasteiger partial charge in [0.05, 0.1) is 11.1 Å². The molecule has 15 heavy (non-hydrogen) atoms. The van der Waals surface area contributed by atoms with Crippen LogP contribution in [0.15, 0.2) is 33.9 Å². The molecule has 0 aliphatic rings. The zero-order valence-corrected chi connectivity index (χ0v) is 11.3. The topological polar surface area (TPSA) is 36.4 Å². The van der Waals surface area contributed by atoms with E-state index in [2.05, 4.69) is 43.4 Å². The van der Waals surface area contributed by atoms with Crippen LogP contribution in [0.2, 0.25) is 0 Å². The van der Waals surface area contributed by atoms with E-state index in [1.807, 2.05) is 11.0 Å². The molecule has 0 saturated carbocycles. The lowest BCUT2D eigenvalue weighted by molar-refractivity contribution is 0.302. The van der Waals surface area contributed by atoms with Crippen molar-refractivity contribution >= 4 is 37.7 Å². The Balaban J connectivity index is 2.94.